The fourth-order valence-corrected chi connectivity index (χ4v) is 7.60. The average Bonchev–Trinajstić information content (AvgIpc) is 3.26. The maximum Gasteiger partial charge on any atom is 0.306 e. The molecule has 0 heterocycles. The molecule has 0 aromatic rings. The molecule has 0 rings (SSSR count). The van der Waals surface area contributed by atoms with Gasteiger partial charge < -0.3 is 14.6 Å². The average molecular weight is 853 g/mol. The van der Waals surface area contributed by atoms with E-state index in [4.69, 9.17) is 9.47 Å². The van der Waals surface area contributed by atoms with E-state index in [0.717, 1.165) is 64.2 Å². The maximum atomic E-state index is 12.3. The summed E-state index contributed by atoms with van der Waals surface area (Å²) in [5, 5.41) is 9.63. The number of aliphatic hydroxyl groups is 1. The topological polar surface area (TPSA) is 72.8 Å². The third-order valence-corrected chi connectivity index (χ3v) is 11.5. The van der Waals surface area contributed by atoms with Crippen molar-refractivity contribution in [2.75, 3.05) is 13.2 Å². The standard InChI is InChI=1S/C56H100O5/c1-3-5-7-9-11-13-15-17-19-21-23-24-25-26-27-28-29-30-31-32-33-35-37-39-41-43-45-47-49-51-56(59)61-54(52-57)53-60-55(58)50-48-46-44-42-40-38-36-34-22-20-18-16-14-12-10-8-6-4-2/h5,7,11,13,17,19-20,22-24,54,57H,3-4,6,8-10,12,14-16,18,21,25-53H2,1-2H3/b7-5-,13-11-,19-17-,22-20-,24-23-. The first-order chi connectivity index (χ1) is 30.1. The normalized spacial score (nSPS) is 12.6. The minimum Gasteiger partial charge on any atom is -0.462 e. The summed E-state index contributed by atoms with van der Waals surface area (Å²) < 4.78 is 10.7. The zero-order chi connectivity index (χ0) is 44.2. The minimum atomic E-state index is -0.774. The van der Waals surface area contributed by atoms with Crippen molar-refractivity contribution in [3.8, 4) is 0 Å². The van der Waals surface area contributed by atoms with Gasteiger partial charge >= 0.3 is 11.9 Å². The van der Waals surface area contributed by atoms with Crippen LogP contribution in [0.4, 0.5) is 0 Å². The molecule has 354 valence electrons. The summed E-state index contributed by atoms with van der Waals surface area (Å²) in [5.41, 5.74) is 0. The minimum absolute atomic E-state index is 0.0667. The Balaban J connectivity index is 3.47. The van der Waals surface area contributed by atoms with Gasteiger partial charge in [-0.05, 0) is 77.0 Å². The molecular weight excluding hydrogens is 753 g/mol. The molecule has 0 aliphatic carbocycles. The summed E-state index contributed by atoms with van der Waals surface area (Å²) in [6.45, 7) is 4.05. The van der Waals surface area contributed by atoms with E-state index in [0.29, 0.717) is 12.8 Å². The smallest absolute Gasteiger partial charge is 0.306 e. The van der Waals surface area contributed by atoms with Crippen LogP contribution in [0.15, 0.2) is 60.8 Å². The van der Waals surface area contributed by atoms with E-state index in [-0.39, 0.29) is 25.2 Å². The molecule has 1 atom stereocenters. The quantitative estimate of drug-likeness (QED) is 0.0375. The summed E-state index contributed by atoms with van der Waals surface area (Å²) in [6, 6.07) is 0. The lowest BCUT2D eigenvalue weighted by atomic mass is 10.0. The lowest BCUT2D eigenvalue weighted by molar-refractivity contribution is -0.161. The van der Waals surface area contributed by atoms with Crippen LogP contribution < -0.4 is 0 Å². The highest BCUT2D eigenvalue weighted by molar-refractivity contribution is 5.70. The molecule has 0 aliphatic rings. The molecule has 1 N–H and O–H groups in total. The van der Waals surface area contributed by atoms with Gasteiger partial charge in [-0.1, -0.05) is 235 Å². The molecule has 1 unspecified atom stereocenters. The number of carbonyl (C=O) groups is 2. The van der Waals surface area contributed by atoms with E-state index in [1.165, 1.54) is 173 Å². The van der Waals surface area contributed by atoms with Gasteiger partial charge in [0.15, 0.2) is 6.10 Å². The van der Waals surface area contributed by atoms with Gasteiger partial charge in [0.1, 0.15) is 6.61 Å². The number of hydrogen-bond acceptors (Lipinski definition) is 5. The molecule has 5 nitrogen and oxygen atoms in total. The van der Waals surface area contributed by atoms with E-state index >= 15 is 0 Å². The highest BCUT2D eigenvalue weighted by Gasteiger charge is 2.16. The van der Waals surface area contributed by atoms with E-state index in [1.807, 2.05) is 0 Å². The Kier molecular flexibility index (Phi) is 49.9. The number of carbonyl (C=O) groups excluding carboxylic acids is 2. The number of aliphatic hydroxyl groups excluding tert-OH is 1. The first-order valence-electron chi connectivity index (χ1n) is 26.3. The Morgan fingerprint density at radius 1 is 0.393 bits per heavy atom. The van der Waals surface area contributed by atoms with Gasteiger partial charge in [0.05, 0.1) is 6.61 Å². The number of hydrogen-bond donors (Lipinski definition) is 1. The molecule has 0 spiro atoms. The molecule has 0 saturated carbocycles. The van der Waals surface area contributed by atoms with Crippen LogP contribution in [-0.4, -0.2) is 36.4 Å². The Labute approximate surface area is 379 Å². The maximum absolute atomic E-state index is 12.3. The van der Waals surface area contributed by atoms with Crippen molar-refractivity contribution >= 4 is 11.9 Å². The van der Waals surface area contributed by atoms with Gasteiger partial charge in [-0.25, -0.2) is 0 Å². The third kappa shape index (κ3) is 50.1. The van der Waals surface area contributed by atoms with Gasteiger partial charge in [-0.2, -0.15) is 0 Å². The predicted octanol–water partition coefficient (Wildman–Crippen LogP) is 17.5. The van der Waals surface area contributed by atoms with Crippen molar-refractivity contribution in [2.45, 2.75) is 270 Å². The van der Waals surface area contributed by atoms with Gasteiger partial charge in [0.2, 0.25) is 0 Å². The number of unbranched alkanes of at least 4 members (excludes halogenated alkanes) is 30. The van der Waals surface area contributed by atoms with Crippen molar-refractivity contribution < 1.29 is 24.2 Å². The molecule has 0 bridgehead atoms. The summed E-state index contributed by atoms with van der Waals surface area (Å²) >= 11 is 0. The second-order valence-corrected chi connectivity index (χ2v) is 17.6. The molecule has 0 amide bonds. The van der Waals surface area contributed by atoms with Crippen molar-refractivity contribution in [2.24, 2.45) is 0 Å². The lowest BCUT2D eigenvalue weighted by Gasteiger charge is -2.15. The highest BCUT2D eigenvalue weighted by Crippen LogP contribution is 2.16. The molecule has 0 aliphatic heterocycles. The number of rotatable bonds is 48. The zero-order valence-corrected chi connectivity index (χ0v) is 40.4. The second-order valence-electron chi connectivity index (χ2n) is 17.6. The van der Waals surface area contributed by atoms with Gasteiger partial charge in [-0.15, -0.1) is 0 Å². The molecule has 0 aromatic carbocycles. The van der Waals surface area contributed by atoms with E-state index in [1.54, 1.807) is 0 Å². The Bertz CT molecular complexity index is 1060. The zero-order valence-electron chi connectivity index (χ0n) is 40.4. The summed E-state index contributed by atoms with van der Waals surface area (Å²) in [6.07, 6.45) is 68.9. The predicted molar refractivity (Wildman–Crippen MR) is 265 cm³/mol. The number of esters is 2. The highest BCUT2D eigenvalue weighted by atomic mass is 16.6. The van der Waals surface area contributed by atoms with Crippen molar-refractivity contribution in [1.82, 2.24) is 0 Å². The SMILES string of the molecule is CC/C=C\C/C=C\C/C=C\C/C=C\CCCCCCCCCCCCCCCCCCC(=O)OC(CO)COC(=O)CCCCCCCCC/C=C\CCCCCCCCC. The van der Waals surface area contributed by atoms with Crippen LogP contribution in [-0.2, 0) is 19.1 Å². The van der Waals surface area contributed by atoms with Crippen LogP contribution >= 0.6 is 0 Å². The molecule has 5 heteroatoms. The summed E-state index contributed by atoms with van der Waals surface area (Å²) in [4.78, 5) is 24.5. The van der Waals surface area contributed by atoms with Crippen LogP contribution in [0.25, 0.3) is 0 Å². The fraction of sp³-hybridized carbons (Fsp3) is 0.786. The van der Waals surface area contributed by atoms with Gasteiger partial charge in [-0.3, -0.25) is 9.59 Å². The van der Waals surface area contributed by atoms with Crippen LogP contribution in [0.5, 0.6) is 0 Å². The van der Waals surface area contributed by atoms with Crippen LogP contribution in [0.1, 0.15) is 264 Å². The Morgan fingerprint density at radius 3 is 1.08 bits per heavy atom. The molecule has 0 fully saturated rings. The van der Waals surface area contributed by atoms with Crippen molar-refractivity contribution in [3.05, 3.63) is 60.8 Å². The van der Waals surface area contributed by atoms with E-state index in [9.17, 15) is 14.7 Å². The summed E-state index contributed by atoms with van der Waals surface area (Å²) in [5.74, 6) is -0.587. The van der Waals surface area contributed by atoms with Crippen molar-refractivity contribution in [3.63, 3.8) is 0 Å². The molecule has 61 heavy (non-hydrogen) atoms. The molecular formula is C56H100O5. The van der Waals surface area contributed by atoms with E-state index in [2.05, 4.69) is 74.6 Å². The number of ether oxygens (including phenoxy) is 2. The van der Waals surface area contributed by atoms with Crippen LogP contribution in [0.2, 0.25) is 0 Å². The molecule has 0 radical (unpaired) electrons. The number of allylic oxidation sites excluding steroid dienone is 10. The first kappa shape index (κ1) is 58.6. The molecule has 0 aromatic heterocycles. The van der Waals surface area contributed by atoms with Crippen molar-refractivity contribution in [1.29, 1.82) is 0 Å². The lowest BCUT2D eigenvalue weighted by Crippen LogP contribution is -2.28. The third-order valence-electron chi connectivity index (χ3n) is 11.5. The Morgan fingerprint density at radius 2 is 0.705 bits per heavy atom. The second kappa shape index (κ2) is 51.9. The molecule has 0 saturated heterocycles. The summed E-state index contributed by atoms with van der Waals surface area (Å²) in [7, 11) is 0. The van der Waals surface area contributed by atoms with E-state index < -0.39 is 6.10 Å². The van der Waals surface area contributed by atoms with Gasteiger partial charge in [0.25, 0.3) is 0 Å². The Hall–Kier alpha value is -2.40. The fourth-order valence-electron chi connectivity index (χ4n) is 7.60. The largest absolute Gasteiger partial charge is 0.462 e. The first-order valence-corrected chi connectivity index (χ1v) is 26.3. The van der Waals surface area contributed by atoms with Gasteiger partial charge in [0, 0.05) is 12.8 Å². The monoisotopic (exact) mass is 853 g/mol. The van der Waals surface area contributed by atoms with Crippen LogP contribution in [0, 0.1) is 0 Å². The van der Waals surface area contributed by atoms with Crippen LogP contribution in [0.3, 0.4) is 0 Å².